The molecule has 5 nitrogen and oxygen atoms in total. The molecule has 2 aromatic heterocycles. The van der Waals surface area contributed by atoms with Gasteiger partial charge in [0.15, 0.2) is 10.8 Å². The minimum Gasteiger partial charge on any atom is -0.301 e. The number of nitrogens with one attached hydrogen (secondary N) is 1. The first-order chi connectivity index (χ1) is 13.4. The van der Waals surface area contributed by atoms with Gasteiger partial charge in [0.1, 0.15) is 5.39 Å². The van der Waals surface area contributed by atoms with Crippen LogP contribution in [-0.2, 0) is 5.75 Å². The van der Waals surface area contributed by atoms with Crippen molar-refractivity contribution in [1.82, 2.24) is 19.7 Å². The molecule has 0 atom stereocenters. The van der Waals surface area contributed by atoms with Crippen molar-refractivity contribution in [2.45, 2.75) is 24.8 Å². The van der Waals surface area contributed by atoms with Crippen molar-refractivity contribution in [1.29, 1.82) is 0 Å². The number of benzene rings is 2. The van der Waals surface area contributed by atoms with Gasteiger partial charge in [-0.1, -0.05) is 53.2 Å². The first kappa shape index (κ1) is 19.1. The van der Waals surface area contributed by atoms with Crippen LogP contribution in [-0.4, -0.2) is 19.7 Å². The van der Waals surface area contributed by atoms with Gasteiger partial charge in [0.25, 0.3) is 5.56 Å². The van der Waals surface area contributed by atoms with Crippen molar-refractivity contribution >= 4 is 46.0 Å². The van der Waals surface area contributed by atoms with Gasteiger partial charge in [-0.2, -0.15) is 5.10 Å². The van der Waals surface area contributed by atoms with E-state index in [2.05, 4.69) is 15.1 Å². The molecule has 0 aliphatic rings. The minimum atomic E-state index is -0.210. The number of halogens is 2. The van der Waals surface area contributed by atoms with Gasteiger partial charge in [-0.15, -0.1) is 0 Å². The van der Waals surface area contributed by atoms with E-state index in [0.29, 0.717) is 32.0 Å². The lowest BCUT2D eigenvalue weighted by molar-refractivity contribution is 0.865. The summed E-state index contributed by atoms with van der Waals surface area (Å²) in [6.45, 7) is 4.08. The Kier molecular flexibility index (Phi) is 5.19. The molecule has 4 rings (SSSR count). The third kappa shape index (κ3) is 3.55. The SMILES string of the molecule is Cc1cccc(-n2ncc3c(=O)[nH]c(SCc4ccc(Cl)c(Cl)c4)nc32)c1C. The smallest absolute Gasteiger partial charge is 0.262 e. The van der Waals surface area contributed by atoms with Gasteiger partial charge in [-0.25, -0.2) is 9.67 Å². The average Bonchev–Trinajstić information content (AvgIpc) is 3.09. The fourth-order valence-corrected chi connectivity index (χ4v) is 4.01. The highest BCUT2D eigenvalue weighted by atomic mass is 35.5. The highest BCUT2D eigenvalue weighted by Gasteiger charge is 2.14. The van der Waals surface area contributed by atoms with Gasteiger partial charge in [-0.05, 0) is 48.7 Å². The van der Waals surface area contributed by atoms with E-state index in [9.17, 15) is 4.79 Å². The Hall–Kier alpha value is -2.28. The lowest BCUT2D eigenvalue weighted by atomic mass is 10.1. The molecule has 2 heterocycles. The van der Waals surface area contributed by atoms with Gasteiger partial charge in [-0.3, -0.25) is 4.79 Å². The molecule has 0 bridgehead atoms. The second-order valence-electron chi connectivity index (χ2n) is 6.42. The molecule has 0 radical (unpaired) electrons. The summed E-state index contributed by atoms with van der Waals surface area (Å²) in [4.78, 5) is 20.0. The number of aromatic amines is 1. The third-order valence-corrected chi connectivity index (χ3v) is 6.26. The molecule has 142 valence electrons. The van der Waals surface area contributed by atoms with E-state index in [1.807, 2.05) is 44.2 Å². The lowest BCUT2D eigenvalue weighted by Crippen LogP contribution is -2.10. The summed E-state index contributed by atoms with van der Waals surface area (Å²) in [5.41, 5.74) is 4.48. The average molecular weight is 431 g/mol. The van der Waals surface area contributed by atoms with E-state index in [0.717, 1.165) is 22.4 Å². The summed E-state index contributed by atoms with van der Waals surface area (Å²) in [5, 5.41) is 6.40. The van der Waals surface area contributed by atoms with Crippen molar-refractivity contribution in [3.8, 4) is 5.69 Å². The van der Waals surface area contributed by atoms with Crippen LogP contribution in [0.4, 0.5) is 0 Å². The molecule has 8 heteroatoms. The van der Waals surface area contributed by atoms with Crippen LogP contribution in [0.1, 0.15) is 16.7 Å². The zero-order valence-corrected chi connectivity index (χ0v) is 17.5. The van der Waals surface area contributed by atoms with Crippen LogP contribution >= 0.6 is 35.0 Å². The monoisotopic (exact) mass is 430 g/mol. The third-order valence-electron chi connectivity index (χ3n) is 4.58. The first-order valence-electron chi connectivity index (χ1n) is 8.55. The molecule has 0 amide bonds. The zero-order chi connectivity index (χ0) is 19.8. The number of aromatic nitrogens is 4. The summed E-state index contributed by atoms with van der Waals surface area (Å²) in [7, 11) is 0. The fourth-order valence-electron chi connectivity index (χ4n) is 2.89. The second kappa shape index (κ2) is 7.62. The van der Waals surface area contributed by atoms with Gasteiger partial charge in [0.2, 0.25) is 0 Å². The maximum atomic E-state index is 12.5. The molecule has 28 heavy (non-hydrogen) atoms. The Morgan fingerprint density at radius 1 is 1.14 bits per heavy atom. The number of fused-ring (bicyclic) bond motifs is 1. The summed E-state index contributed by atoms with van der Waals surface area (Å²) in [6.07, 6.45) is 1.55. The van der Waals surface area contributed by atoms with E-state index in [-0.39, 0.29) is 5.56 Å². The maximum Gasteiger partial charge on any atom is 0.262 e. The number of hydrogen-bond acceptors (Lipinski definition) is 4. The van der Waals surface area contributed by atoms with Gasteiger partial charge in [0.05, 0.1) is 21.9 Å². The molecule has 1 N–H and O–H groups in total. The Balaban J connectivity index is 1.72. The predicted molar refractivity (Wildman–Crippen MR) is 115 cm³/mol. The molecule has 4 aromatic rings. The molecule has 0 aliphatic heterocycles. The minimum absolute atomic E-state index is 0.210. The predicted octanol–water partition coefficient (Wildman–Crippen LogP) is 5.32. The Labute approximate surface area is 175 Å². The Morgan fingerprint density at radius 2 is 1.96 bits per heavy atom. The quantitative estimate of drug-likeness (QED) is 0.351. The fraction of sp³-hybridized carbons (Fsp3) is 0.150. The van der Waals surface area contributed by atoms with Crippen LogP contribution in [0, 0.1) is 13.8 Å². The van der Waals surface area contributed by atoms with Crippen molar-refractivity contribution in [2.24, 2.45) is 0 Å². The maximum absolute atomic E-state index is 12.5. The van der Waals surface area contributed by atoms with Crippen LogP contribution in [0.15, 0.2) is 52.5 Å². The van der Waals surface area contributed by atoms with E-state index < -0.39 is 0 Å². The molecule has 0 saturated carbocycles. The highest BCUT2D eigenvalue weighted by Crippen LogP contribution is 2.27. The summed E-state index contributed by atoms with van der Waals surface area (Å²) < 4.78 is 1.72. The topological polar surface area (TPSA) is 63.6 Å². The van der Waals surface area contributed by atoms with E-state index in [1.165, 1.54) is 11.8 Å². The van der Waals surface area contributed by atoms with Gasteiger partial charge < -0.3 is 4.98 Å². The molecular weight excluding hydrogens is 415 g/mol. The number of rotatable bonds is 4. The van der Waals surface area contributed by atoms with Crippen molar-refractivity contribution < 1.29 is 0 Å². The van der Waals surface area contributed by atoms with E-state index in [4.69, 9.17) is 23.2 Å². The van der Waals surface area contributed by atoms with Crippen LogP contribution in [0.3, 0.4) is 0 Å². The zero-order valence-electron chi connectivity index (χ0n) is 15.2. The van der Waals surface area contributed by atoms with Gasteiger partial charge >= 0.3 is 0 Å². The standard InChI is InChI=1S/C20H16Cl2N4OS/c1-11-4-3-5-17(12(11)2)26-18-14(9-23-26)19(27)25-20(24-18)28-10-13-6-7-15(21)16(22)8-13/h3-9H,10H2,1-2H3,(H,24,25,27). The van der Waals surface area contributed by atoms with Crippen LogP contribution < -0.4 is 5.56 Å². The van der Waals surface area contributed by atoms with Crippen LogP contribution in [0.2, 0.25) is 10.0 Å². The Morgan fingerprint density at radius 3 is 2.75 bits per heavy atom. The molecule has 0 saturated heterocycles. The number of hydrogen-bond donors (Lipinski definition) is 1. The normalized spacial score (nSPS) is 11.3. The van der Waals surface area contributed by atoms with Crippen LogP contribution in [0.5, 0.6) is 0 Å². The number of nitrogens with zero attached hydrogens (tertiary/aromatic N) is 3. The lowest BCUT2D eigenvalue weighted by Gasteiger charge is -2.09. The van der Waals surface area contributed by atoms with Crippen molar-refractivity contribution in [2.75, 3.05) is 0 Å². The van der Waals surface area contributed by atoms with E-state index in [1.54, 1.807) is 16.9 Å². The van der Waals surface area contributed by atoms with Crippen molar-refractivity contribution in [3.63, 3.8) is 0 Å². The molecule has 0 aliphatic carbocycles. The first-order valence-corrected chi connectivity index (χ1v) is 10.3. The number of aryl methyl sites for hydroxylation is 1. The highest BCUT2D eigenvalue weighted by molar-refractivity contribution is 7.98. The molecule has 0 spiro atoms. The summed E-state index contributed by atoms with van der Waals surface area (Å²) in [5.74, 6) is 0.600. The second-order valence-corrected chi connectivity index (χ2v) is 8.20. The van der Waals surface area contributed by atoms with Crippen LogP contribution in [0.25, 0.3) is 16.7 Å². The Bertz CT molecular complexity index is 1250. The van der Waals surface area contributed by atoms with E-state index >= 15 is 0 Å². The molecule has 2 aromatic carbocycles. The summed E-state index contributed by atoms with van der Waals surface area (Å²) in [6, 6.07) is 11.5. The number of H-pyrrole nitrogens is 1. The summed E-state index contributed by atoms with van der Waals surface area (Å²) >= 11 is 13.5. The van der Waals surface area contributed by atoms with Gasteiger partial charge in [0, 0.05) is 5.75 Å². The van der Waals surface area contributed by atoms with Crippen molar-refractivity contribution in [3.05, 3.63) is 79.7 Å². The molecule has 0 fully saturated rings. The molecular formula is C20H16Cl2N4OS. The number of thioether (sulfide) groups is 1. The largest absolute Gasteiger partial charge is 0.301 e. The molecule has 0 unspecified atom stereocenters.